The van der Waals surface area contributed by atoms with Crippen molar-refractivity contribution in [1.29, 1.82) is 0 Å². The van der Waals surface area contributed by atoms with E-state index in [0.29, 0.717) is 5.92 Å². The van der Waals surface area contributed by atoms with Crippen LogP contribution in [0.5, 0.6) is 0 Å². The Bertz CT molecular complexity index is 554. The Morgan fingerprint density at radius 2 is 2.30 bits per heavy atom. The van der Waals surface area contributed by atoms with Crippen LogP contribution in [0.4, 0.5) is 0 Å². The van der Waals surface area contributed by atoms with Gasteiger partial charge in [-0.2, -0.15) is 0 Å². The first kappa shape index (κ1) is 14.6. The molecule has 1 N–H and O–H groups in total. The van der Waals surface area contributed by atoms with E-state index in [9.17, 15) is 4.79 Å². The normalized spacial score (nSPS) is 17.8. The summed E-state index contributed by atoms with van der Waals surface area (Å²) in [6.07, 6.45) is 2.23. The Kier molecular flexibility index (Phi) is 4.81. The number of amides is 1. The zero-order chi connectivity index (χ0) is 14.5. The van der Waals surface area contributed by atoms with Crippen LogP contribution >= 0.6 is 0 Å². The Labute approximate surface area is 120 Å². The molecule has 1 saturated heterocycles. The molecule has 2 rings (SSSR count). The number of likely N-dealkylation sites (tertiary alicyclic amines) is 1. The second kappa shape index (κ2) is 6.58. The van der Waals surface area contributed by atoms with E-state index in [1.165, 1.54) is 0 Å². The summed E-state index contributed by atoms with van der Waals surface area (Å²) in [6.45, 7) is 5.67. The van der Waals surface area contributed by atoms with Crippen LogP contribution in [0.25, 0.3) is 0 Å². The van der Waals surface area contributed by atoms with Crippen molar-refractivity contribution in [1.82, 2.24) is 4.90 Å². The van der Waals surface area contributed by atoms with E-state index >= 15 is 0 Å². The Morgan fingerprint density at radius 3 is 2.95 bits per heavy atom. The third kappa shape index (κ3) is 3.20. The van der Waals surface area contributed by atoms with E-state index < -0.39 is 0 Å². The van der Waals surface area contributed by atoms with Crippen molar-refractivity contribution in [3.8, 4) is 11.8 Å². The minimum absolute atomic E-state index is 0.103. The first-order chi connectivity index (χ1) is 9.65. The lowest BCUT2D eigenvalue weighted by molar-refractivity contribution is 0.0786. The maximum Gasteiger partial charge on any atom is 0.254 e. The maximum absolute atomic E-state index is 12.6. The van der Waals surface area contributed by atoms with Gasteiger partial charge in [0.05, 0.1) is 0 Å². The maximum atomic E-state index is 12.6. The van der Waals surface area contributed by atoms with E-state index in [4.69, 9.17) is 5.11 Å². The molecule has 1 aliphatic rings. The molecular formula is C17H21NO2. The molecule has 20 heavy (non-hydrogen) atoms. The average molecular weight is 271 g/mol. The summed E-state index contributed by atoms with van der Waals surface area (Å²) in [5.74, 6) is 6.21. The average Bonchev–Trinajstić information content (AvgIpc) is 2.94. The number of aryl methyl sites for hydroxylation is 1. The molecule has 0 saturated carbocycles. The van der Waals surface area contributed by atoms with Crippen molar-refractivity contribution in [2.45, 2.75) is 26.7 Å². The molecule has 0 spiro atoms. The number of hydrogen-bond acceptors (Lipinski definition) is 2. The van der Waals surface area contributed by atoms with E-state index in [0.717, 1.165) is 42.6 Å². The fourth-order valence-corrected chi connectivity index (χ4v) is 2.59. The Hall–Kier alpha value is -1.79. The summed E-state index contributed by atoms with van der Waals surface area (Å²) in [4.78, 5) is 14.5. The van der Waals surface area contributed by atoms with Gasteiger partial charge in [0.25, 0.3) is 5.91 Å². The highest BCUT2D eigenvalue weighted by molar-refractivity contribution is 5.96. The van der Waals surface area contributed by atoms with Gasteiger partial charge in [0, 0.05) is 24.2 Å². The molecule has 0 aromatic heterocycles. The number of hydrogen-bond donors (Lipinski definition) is 1. The molecule has 3 heteroatoms. The highest BCUT2D eigenvalue weighted by atomic mass is 16.2. The molecule has 0 aliphatic carbocycles. The van der Waals surface area contributed by atoms with E-state index in [1.807, 2.05) is 30.0 Å². The first-order valence-electron chi connectivity index (χ1n) is 7.15. The van der Waals surface area contributed by atoms with Crippen LogP contribution in [0.3, 0.4) is 0 Å². The summed E-state index contributed by atoms with van der Waals surface area (Å²) >= 11 is 0. The van der Waals surface area contributed by atoms with Crippen LogP contribution in [0.2, 0.25) is 0 Å². The van der Waals surface area contributed by atoms with Crippen molar-refractivity contribution >= 4 is 5.91 Å². The topological polar surface area (TPSA) is 40.5 Å². The van der Waals surface area contributed by atoms with Crippen molar-refractivity contribution in [3.63, 3.8) is 0 Å². The van der Waals surface area contributed by atoms with Gasteiger partial charge >= 0.3 is 0 Å². The van der Waals surface area contributed by atoms with Crippen LogP contribution in [0, 0.1) is 24.7 Å². The molecule has 3 nitrogen and oxygen atoms in total. The molecule has 0 bridgehead atoms. The number of benzene rings is 1. The van der Waals surface area contributed by atoms with Crippen LogP contribution < -0.4 is 0 Å². The minimum Gasteiger partial charge on any atom is -0.384 e. The van der Waals surface area contributed by atoms with Gasteiger partial charge in [-0.05, 0) is 37.0 Å². The quantitative estimate of drug-likeness (QED) is 0.838. The number of nitrogens with zero attached hydrogens (tertiary/aromatic N) is 1. The molecule has 1 aromatic carbocycles. The van der Waals surface area contributed by atoms with Gasteiger partial charge in [0.1, 0.15) is 6.61 Å². The molecule has 1 aromatic rings. The predicted octanol–water partition coefficient (Wildman–Crippen LogP) is 2.21. The lowest BCUT2D eigenvalue weighted by Crippen LogP contribution is -2.29. The molecule has 1 atom stereocenters. The Morgan fingerprint density at radius 1 is 1.50 bits per heavy atom. The van der Waals surface area contributed by atoms with Crippen molar-refractivity contribution in [2.75, 3.05) is 19.7 Å². The monoisotopic (exact) mass is 271 g/mol. The molecule has 1 heterocycles. The highest BCUT2D eigenvalue weighted by Gasteiger charge is 2.26. The summed E-state index contributed by atoms with van der Waals surface area (Å²) in [6, 6.07) is 5.63. The zero-order valence-electron chi connectivity index (χ0n) is 12.1. The van der Waals surface area contributed by atoms with Crippen molar-refractivity contribution in [2.24, 2.45) is 5.92 Å². The number of aliphatic hydroxyl groups excluding tert-OH is 1. The zero-order valence-corrected chi connectivity index (χ0v) is 12.1. The van der Waals surface area contributed by atoms with Crippen LogP contribution in [0.1, 0.15) is 41.3 Å². The molecule has 106 valence electrons. The fourth-order valence-electron chi connectivity index (χ4n) is 2.59. The summed E-state index contributed by atoms with van der Waals surface area (Å²) in [7, 11) is 0. The summed E-state index contributed by atoms with van der Waals surface area (Å²) < 4.78 is 0. The molecule has 1 aliphatic heterocycles. The lowest BCUT2D eigenvalue weighted by atomic mass is 10.0. The minimum atomic E-state index is -0.165. The van der Waals surface area contributed by atoms with Crippen molar-refractivity contribution < 1.29 is 9.90 Å². The molecule has 0 radical (unpaired) electrons. The predicted molar refractivity (Wildman–Crippen MR) is 79.4 cm³/mol. The summed E-state index contributed by atoms with van der Waals surface area (Å²) in [5, 5.41) is 8.74. The SMILES string of the molecule is CCC1CCN(C(=O)c2cc(C#CCO)ccc2C)C1. The largest absolute Gasteiger partial charge is 0.384 e. The standard InChI is InChI=1S/C17H21NO2/c1-3-14-8-9-18(12-14)17(20)16-11-15(5-4-10-19)7-6-13(16)2/h6-7,11,14,19H,3,8-10,12H2,1-2H3. The van der Waals surface area contributed by atoms with Crippen molar-refractivity contribution in [3.05, 3.63) is 34.9 Å². The molecular weight excluding hydrogens is 250 g/mol. The number of rotatable bonds is 2. The van der Waals surface area contributed by atoms with Gasteiger partial charge in [0.2, 0.25) is 0 Å². The number of carbonyl (C=O) groups is 1. The Balaban J connectivity index is 2.21. The van der Waals surface area contributed by atoms with Gasteiger partial charge in [-0.25, -0.2) is 0 Å². The summed E-state index contributed by atoms with van der Waals surface area (Å²) in [5.41, 5.74) is 2.48. The smallest absolute Gasteiger partial charge is 0.254 e. The van der Waals surface area contributed by atoms with Crippen LogP contribution in [0.15, 0.2) is 18.2 Å². The van der Waals surface area contributed by atoms with Gasteiger partial charge in [-0.3, -0.25) is 4.79 Å². The lowest BCUT2D eigenvalue weighted by Gasteiger charge is -2.17. The number of carbonyl (C=O) groups excluding carboxylic acids is 1. The van der Waals surface area contributed by atoms with Crippen LogP contribution in [-0.4, -0.2) is 35.6 Å². The molecule has 1 unspecified atom stereocenters. The van der Waals surface area contributed by atoms with E-state index in [-0.39, 0.29) is 12.5 Å². The van der Waals surface area contributed by atoms with Crippen LogP contribution in [-0.2, 0) is 0 Å². The van der Waals surface area contributed by atoms with E-state index in [1.54, 1.807) is 0 Å². The fraction of sp³-hybridized carbons (Fsp3) is 0.471. The third-order valence-electron chi connectivity index (χ3n) is 3.93. The molecule has 1 fully saturated rings. The number of aliphatic hydroxyl groups is 1. The second-order valence-electron chi connectivity index (χ2n) is 5.30. The van der Waals surface area contributed by atoms with E-state index in [2.05, 4.69) is 18.8 Å². The molecule has 1 amide bonds. The van der Waals surface area contributed by atoms with Gasteiger partial charge < -0.3 is 10.0 Å². The first-order valence-corrected chi connectivity index (χ1v) is 7.15. The third-order valence-corrected chi connectivity index (χ3v) is 3.93. The second-order valence-corrected chi connectivity index (χ2v) is 5.30. The van der Waals surface area contributed by atoms with Gasteiger partial charge in [0.15, 0.2) is 0 Å². The van der Waals surface area contributed by atoms with Gasteiger partial charge in [-0.1, -0.05) is 31.3 Å². The van der Waals surface area contributed by atoms with Gasteiger partial charge in [-0.15, -0.1) is 0 Å². The highest BCUT2D eigenvalue weighted by Crippen LogP contribution is 2.22.